The highest BCUT2D eigenvalue weighted by molar-refractivity contribution is 9.10. The molecule has 0 bridgehead atoms. The molecule has 1 saturated heterocycles. The zero-order valence-corrected chi connectivity index (χ0v) is 16.8. The van der Waals surface area contributed by atoms with E-state index >= 15 is 0 Å². The lowest BCUT2D eigenvalue weighted by Crippen LogP contribution is -2.21. The van der Waals surface area contributed by atoms with Gasteiger partial charge in [0, 0.05) is 18.4 Å². The maximum atomic E-state index is 13.1. The molecule has 0 saturated carbocycles. The Morgan fingerprint density at radius 3 is 2.57 bits per heavy atom. The van der Waals surface area contributed by atoms with Crippen LogP contribution in [0.4, 0.5) is 10.1 Å². The number of nitrogens with one attached hydrogen (secondary N) is 1. The summed E-state index contributed by atoms with van der Waals surface area (Å²) in [6.07, 6.45) is 4.14. The van der Waals surface area contributed by atoms with E-state index in [1.165, 1.54) is 25.0 Å². The van der Waals surface area contributed by atoms with E-state index in [0.29, 0.717) is 10.2 Å². The first kappa shape index (κ1) is 18.8. The third-order valence-corrected chi connectivity index (χ3v) is 5.41. The summed E-state index contributed by atoms with van der Waals surface area (Å²) in [4.78, 5) is 15.2. The van der Waals surface area contributed by atoms with Gasteiger partial charge in [-0.3, -0.25) is 9.69 Å². The van der Waals surface area contributed by atoms with E-state index in [1.807, 2.05) is 24.3 Å². The average Bonchev–Trinajstić information content (AvgIpc) is 3.33. The molecule has 1 amide bonds. The molecule has 1 N–H and O–H groups in total. The molecule has 2 heterocycles. The van der Waals surface area contributed by atoms with Gasteiger partial charge in [-0.1, -0.05) is 18.2 Å². The number of carbonyl (C=O) groups is 1. The molecule has 0 atom stereocenters. The van der Waals surface area contributed by atoms with Crippen molar-refractivity contribution in [1.82, 2.24) is 14.7 Å². The second-order valence-corrected chi connectivity index (χ2v) is 7.70. The van der Waals surface area contributed by atoms with E-state index in [9.17, 15) is 9.18 Å². The lowest BCUT2D eigenvalue weighted by molar-refractivity contribution is 0.102. The molecule has 0 radical (unpaired) electrons. The first-order valence-corrected chi connectivity index (χ1v) is 10.0. The van der Waals surface area contributed by atoms with Gasteiger partial charge in [0.15, 0.2) is 5.69 Å². The van der Waals surface area contributed by atoms with Crippen molar-refractivity contribution in [2.75, 3.05) is 18.4 Å². The van der Waals surface area contributed by atoms with E-state index in [4.69, 9.17) is 0 Å². The summed E-state index contributed by atoms with van der Waals surface area (Å²) in [6, 6.07) is 13.8. The molecule has 144 valence electrons. The molecule has 1 aromatic heterocycles. The van der Waals surface area contributed by atoms with Gasteiger partial charge in [0.05, 0.1) is 10.2 Å². The largest absolute Gasteiger partial charge is 0.320 e. The Hall–Kier alpha value is -2.51. The number of para-hydroxylation sites is 1. The minimum Gasteiger partial charge on any atom is -0.320 e. The highest BCUT2D eigenvalue weighted by Gasteiger charge is 2.19. The van der Waals surface area contributed by atoms with Crippen molar-refractivity contribution in [3.8, 4) is 5.69 Å². The average molecular weight is 443 g/mol. The predicted octanol–water partition coefficient (Wildman–Crippen LogP) is 4.62. The second kappa shape index (κ2) is 8.24. The lowest BCUT2D eigenvalue weighted by Gasteiger charge is -2.17. The maximum absolute atomic E-state index is 13.1. The van der Waals surface area contributed by atoms with Gasteiger partial charge in [0.1, 0.15) is 5.82 Å². The molecule has 5 nitrogen and oxygen atoms in total. The number of anilines is 1. The number of benzene rings is 2. The van der Waals surface area contributed by atoms with E-state index < -0.39 is 0 Å². The van der Waals surface area contributed by atoms with Crippen LogP contribution in [0.2, 0.25) is 0 Å². The Bertz CT molecular complexity index is 980. The van der Waals surface area contributed by atoms with Gasteiger partial charge in [0.2, 0.25) is 0 Å². The summed E-state index contributed by atoms with van der Waals surface area (Å²) < 4.78 is 15.3. The van der Waals surface area contributed by atoms with Crippen LogP contribution in [0.5, 0.6) is 0 Å². The number of halogens is 2. The van der Waals surface area contributed by atoms with Gasteiger partial charge in [-0.15, -0.1) is 0 Å². The summed E-state index contributed by atoms with van der Waals surface area (Å²) in [7, 11) is 0. The Balaban J connectivity index is 1.53. The van der Waals surface area contributed by atoms with Crippen LogP contribution in [0.1, 0.15) is 28.9 Å². The third-order valence-electron chi connectivity index (χ3n) is 4.83. The van der Waals surface area contributed by atoms with Crippen molar-refractivity contribution in [3.63, 3.8) is 0 Å². The summed E-state index contributed by atoms with van der Waals surface area (Å²) in [6.45, 7) is 3.01. The van der Waals surface area contributed by atoms with Gasteiger partial charge < -0.3 is 5.32 Å². The molecular weight excluding hydrogens is 423 g/mol. The van der Waals surface area contributed by atoms with Crippen LogP contribution in [0.25, 0.3) is 5.69 Å². The van der Waals surface area contributed by atoms with E-state index in [0.717, 1.165) is 30.9 Å². The smallest absolute Gasteiger partial charge is 0.277 e. The number of amides is 1. The van der Waals surface area contributed by atoms with Crippen molar-refractivity contribution < 1.29 is 9.18 Å². The number of likely N-dealkylation sites (tertiary alicyclic amines) is 1. The van der Waals surface area contributed by atoms with Crippen LogP contribution in [-0.2, 0) is 6.54 Å². The van der Waals surface area contributed by atoms with Gasteiger partial charge in [-0.2, -0.15) is 5.10 Å². The molecule has 1 fully saturated rings. The van der Waals surface area contributed by atoms with Crippen LogP contribution in [0.15, 0.2) is 59.2 Å². The lowest BCUT2D eigenvalue weighted by atomic mass is 10.1. The molecule has 0 unspecified atom stereocenters. The number of hydrogen-bond donors (Lipinski definition) is 1. The summed E-state index contributed by atoms with van der Waals surface area (Å²) in [5.41, 5.74) is 2.84. The number of nitrogens with zero attached hydrogens (tertiary/aromatic N) is 3. The van der Waals surface area contributed by atoms with Gasteiger partial charge in [0.25, 0.3) is 5.91 Å². The molecule has 0 aliphatic carbocycles. The monoisotopic (exact) mass is 442 g/mol. The fourth-order valence-corrected chi connectivity index (χ4v) is 3.83. The number of carbonyl (C=O) groups excluding carboxylic acids is 1. The quantitative estimate of drug-likeness (QED) is 0.626. The van der Waals surface area contributed by atoms with Crippen LogP contribution >= 0.6 is 15.9 Å². The molecule has 3 aromatic rings. The van der Waals surface area contributed by atoms with E-state index in [2.05, 4.69) is 31.2 Å². The molecule has 2 aromatic carbocycles. The van der Waals surface area contributed by atoms with Crippen molar-refractivity contribution >= 4 is 27.5 Å². The topological polar surface area (TPSA) is 50.2 Å². The Morgan fingerprint density at radius 1 is 1.11 bits per heavy atom. The first-order chi connectivity index (χ1) is 13.6. The standard InChI is InChI=1S/C21H20BrFN4O/c22-18-14-27(17-9-7-16(23)8-10-17)25-20(18)21(28)24-19-6-2-1-5-15(19)13-26-11-3-4-12-26/h1-2,5-10,14H,3-4,11-13H2,(H,24,28). The highest BCUT2D eigenvalue weighted by atomic mass is 79.9. The Kier molecular flexibility index (Phi) is 5.54. The molecule has 1 aliphatic rings. The molecule has 7 heteroatoms. The van der Waals surface area contributed by atoms with Crippen LogP contribution in [-0.4, -0.2) is 33.7 Å². The van der Waals surface area contributed by atoms with Crippen molar-refractivity contribution in [2.24, 2.45) is 0 Å². The zero-order chi connectivity index (χ0) is 19.5. The summed E-state index contributed by atoms with van der Waals surface area (Å²) in [5, 5.41) is 7.35. The van der Waals surface area contributed by atoms with Crippen LogP contribution in [0.3, 0.4) is 0 Å². The minimum absolute atomic E-state index is 0.278. The Morgan fingerprint density at radius 2 is 1.82 bits per heavy atom. The van der Waals surface area contributed by atoms with E-state index in [1.54, 1.807) is 23.0 Å². The number of hydrogen-bond acceptors (Lipinski definition) is 3. The molecule has 4 rings (SSSR count). The fourth-order valence-electron chi connectivity index (χ4n) is 3.38. The summed E-state index contributed by atoms with van der Waals surface area (Å²) in [5.74, 6) is -0.607. The van der Waals surface area contributed by atoms with Crippen molar-refractivity contribution in [2.45, 2.75) is 19.4 Å². The second-order valence-electron chi connectivity index (χ2n) is 6.84. The normalized spacial score (nSPS) is 14.4. The highest BCUT2D eigenvalue weighted by Crippen LogP contribution is 2.23. The molecular formula is C21H20BrFN4O. The van der Waals surface area contributed by atoms with Gasteiger partial charge in [-0.05, 0) is 77.8 Å². The minimum atomic E-state index is -0.317. The maximum Gasteiger partial charge on any atom is 0.277 e. The van der Waals surface area contributed by atoms with E-state index in [-0.39, 0.29) is 17.4 Å². The van der Waals surface area contributed by atoms with Crippen LogP contribution < -0.4 is 5.32 Å². The van der Waals surface area contributed by atoms with Crippen molar-refractivity contribution in [1.29, 1.82) is 0 Å². The predicted molar refractivity (Wildman–Crippen MR) is 110 cm³/mol. The van der Waals surface area contributed by atoms with Crippen LogP contribution in [0, 0.1) is 5.82 Å². The van der Waals surface area contributed by atoms with Gasteiger partial charge in [-0.25, -0.2) is 9.07 Å². The molecule has 28 heavy (non-hydrogen) atoms. The molecule has 1 aliphatic heterocycles. The third kappa shape index (κ3) is 4.15. The Labute approximate surface area is 171 Å². The number of rotatable bonds is 5. The summed E-state index contributed by atoms with van der Waals surface area (Å²) >= 11 is 3.41. The van der Waals surface area contributed by atoms with Gasteiger partial charge >= 0.3 is 0 Å². The van der Waals surface area contributed by atoms with Crippen molar-refractivity contribution in [3.05, 3.63) is 76.3 Å². The number of aromatic nitrogens is 2. The fraction of sp³-hybridized carbons (Fsp3) is 0.238. The SMILES string of the molecule is O=C(Nc1ccccc1CN1CCCC1)c1nn(-c2ccc(F)cc2)cc1Br. The zero-order valence-electron chi connectivity index (χ0n) is 15.2. The molecule has 0 spiro atoms. The first-order valence-electron chi connectivity index (χ1n) is 9.23.